The van der Waals surface area contributed by atoms with Crippen LogP contribution in [0.4, 0.5) is 20.5 Å². The first-order valence-electron chi connectivity index (χ1n) is 12.2. The lowest BCUT2D eigenvalue weighted by atomic mass is 10.1. The molecule has 9 nitrogen and oxygen atoms in total. The first kappa shape index (κ1) is 26.3. The van der Waals surface area contributed by atoms with Gasteiger partial charge in [-0.25, -0.2) is 18.7 Å². The lowest BCUT2D eigenvalue weighted by Crippen LogP contribution is -2.36. The number of anilines is 2. The van der Waals surface area contributed by atoms with Crippen molar-refractivity contribution in [1.82, 2.24) is 19.9 Å². The zero-order chi connectivity index (χ0) is 27.1. The molecule has 4 N–H and O–H groups in total. The highest BCUT2D eigenvalue weighted by atomic mass is 32.1. The number of aryl methyl sites for hydroxylation is 2. The van der Waals surface area contributed by atoms with Crippen LogP contribution < -0.4 is 10.2 Å². The fourth-order valence-electron chi connectivity index (χ4n) is 4.79. The third-order valence-electron chi connectivity index (χ3n) is 6.94. The molecule has 1 saturated carbocycles. The maximum atomic E-state index is 14.3. The van der Waals surface area contributed by atoms with Crippen LogP contribution in [-0.4, -0.2) is 67.2 Å². The third kappa shape index (κ3) is 4.80. The number of hydrogen-bond acceptors (Lipinski definition) is 10. The Balaban J connectivity index is 1.58. The summed E-state index contributed by atoms with van der Waals surface area (Å²) in [5.74, 6) is -1.26. The summed E-state index contributed by atoms with van der Waals surface area (Å²) in [6, 6.07) is 4.98. The Kier molecular flexibility index (Phi) is 7.23. The van der Waals surface area contributed by atoms with Crippen molar-refractivity contribution in [3.8, 4) is 10.6 Å². The quantitative estimate of drug-likeness (QED) is 0.278. The van der Waals surface area contributed by atoms with Crippen molar-refractivity contribution in [2.75, 3.05) is 23.9 Å². The van der Waals surface area contributed by atoms with Crippen molar-refractivity contribution in [1.29, 1.82) is 0 Å². The third-order valence-corrected chi connectivity index (χ3v) is 7.98. The smallest absolute Gasteiger partial charge is 0.227 e. The molecule has 1 aliphatic carbocycles. The zero-order valence-corrected chi connectivity index (χ0v) is 21.9. The number of nitrogens with zero attached hydrogens (tertiary/aromatic N) is 5. The van der Waals surface area contributed by atoms with Crippen LogP contribution in [0.3, 0.4) is 0 Å². The Labute approximate surface area is 221 Å². The minimum absolute atomic E-state index is 0.107. The summed E-state index contributed by atoms with van der Waals surface area (Å²) in [5.41, 5.74) is 2.60. The van der Waals surface area contributed by atoms with Gasteiger partial charge in [0.1, 0.15) is 34.1 Å². The van der Waals surface area contributed by atoms with Gasteiger partial charge in [0, 0.05) is 31.3 Å². The average Bonchev–Trinajstić information content (AvgIpc) is 3.43. The fourth-order valence-corrected chi connectivity index (χ4v) is 5.90. The average molecular weight is 543 g/mol. The number of halogens is 2. The first-order valence-corrected chi connectivity index (χ1v) is 13.0. The van der Waals surface area contributed by atoms with Crippen LogP contribution in [0.5, 0.6) is 0 Å². The number of benzene rings is 1. The monoisotopic (exact) mass is 542 g/mol. The summed E-state index contributed by atoms with van der Waals surface area (Å²) in [5, 5.41) is 34.5. The zero-order valence-electron chi connectivity index (χ0n) is 21.1. The van der Waals surface area contributed by atoms with Gasteiger partial charge in [-0.3, -0.25) is 4.98 Å². The number of aliphatic hydroxyl groups is 3. The van der Waals surface area contributed by atoms with E-state index in [9.17, 15) is 24.1 Å². The van der Waals surface area contributed by atoms with E-state index < -0.39 is 35.8 Å². The van der Waals surface area contributed by atoms with Crippen LogP contribution in [0.1, 0.15) is 23.4 Å². The molecule has 3 aromatic heterocycles. The van der Waals surface area contributed by atoms with Crippen molar-refractivity contribution in [3.05, 3.63) is 59.0 Å². The van der Waals surface area contributed by atoms with E-state index >= 15 is 0 Å². The molecule has 200 valence electrons. The molecule has 5 rings (SSSR count). The van der Waals surface area contributed by atoms with Crippen LogP contribution in [-0.2, 0) is 6.54 Å². The predicted molar refractivity (Wildman–Crippen MR) is 141 cm³/mol. The van der Waals surface area contributed by atoms with Gasteiger partial charge in [-0.2, -0.15) is 4.98 Å². The number of hydrogen-bond donors (Lipinski definition) is 4. The first-order chi connectivity index (χ1) is 18.2. The van der Waals surface area contributed by atoms with Crippen molar-refractivity contribution in [2.24, 2.45) is 5.92 Å². The molecule has 0 saturated heterocycles. The minimum Gasteiger partial charge on any atom is -0.396 e. The fraction of sp³-hybridized carbons (Fsp3) is 0.385. The van der Waals surface area contributed by atoms with E-state index in [1.54, 1.807) is 20.2 Å². The molecule has 1 fully saturated rings. The molecule has 4 aromatic rings. The van der Waals surface area contributed by atoms with Crippen molar-refractivity contribution in [2.45, 2.75) is 45.1 Å². The number of pyridine rings is 1. The largest absolute Gasteiger partial charge is 0.396 e. The molecule has 1 unspecified atom stereocenters. The van der Waals surface area contributed by atoms with Gasteiger partial charge in [0.05, 0.1) is 40.3 Å². The number of thiazole rings is 1. The lowest BCUT2D eigenvalue weighted by Gasteiger charge is -2.24. The number of aliphatic hydroxyl groups excluding tert-OH is 3. The predicted octanol–water partition coefficient (Wildman–Crippen LogP) is 3.19. The van der Waals surface area contributed by atoms with Crippen LogP contribution in [0.2, 0.25) is 0 Å². The molecular formula is C26H28F2N6O3S. The molecular weight excluding hydrogens is 514 g/mol. The molecule has 0 radical (unpaired) electrons. The van der Waals surface area contributed by atoms with Crippen LogP contribution in [0, 0.1) is 31.4 Å². The molecule has 0 aliphatic heterocycles. The van der Waals surface area contributed by atoms with Crippen LogP contribution in [0.15, 0.2) is 30.5 Å². The summed E-state index contributed by atoms with van der Waals surface area (Å²) >= 11 is 1.44. The van der Waals surface area contributed by atoms with Crippen LogP contribution >= 0.6 is 11.3 Å². The van der Waals surface area contributed by atoms with Gasteiger partial charge in [-0.15, -0.1) is 11.3 Å². The number of aromatic nitrogens is 4. The van der Waals surface area contributed by atoms with Gasteiger partial charge in [0.25, 0.3) is 0 Å². The summed E-state index contributed by atoms with van der Waals surface area (Å²) in [4.78, 5) is 19.9. The van der Waals surface area contributed by atoms with E-state index in [1.165, 1.54) is 34.4 Å². The highest BCUT2D eigenvalue weighted by Crippen LogP contribution is 2.39. The summed E-state index contributed by atoms with van der Waals surface area (Å²) in [6.07, 6.45) is -0.194. The molecule has 3 heterocycles. The number of rotatable bonds is 7. The van der Waals surface area contributed by atoms with Crippen molar-refractivity contribution < 1.29 is 24.1 Å². The lowest BCUT2D eigenvalue weighted by molar-refractivity contribution is 0.00446. The van der Waals surface area contributed by atoms with Crippen molar-refractivity contribution >= 4 is 33.3 Å². The Morgan fingerprint density at radius 1 is 1.05 bits per heavy atom. The number of nitrogens with one attached hydrogen (secondary N) is 1. The molecule has 1 aliphatic rings. The summed E-state index contributed by atoms with van der Waals surface area (Å²) in [7, 11) is 1.63. The van der Waals surface area contributed by atoms with E-state index in [0.29, 0.717) is 28.5 Å². The maximum Gasteiger partial charge on any atom is 0.227 e. The van der Waals surface area contributed by atoms with E-state index in [2.05, 4.69) is 20.3 Å². The summed E-state index contributed by atoms with van der Waals surface area (Å²) < 4.78 is 29.6. The van der Waals surface area contributed by atoms with Gasteiger partial charge >= 0.3 is 0 Å². The maximum absolute atomic E-state index is 14.3. The molecule has 0 spiro atoms. The molecule has 12 heteroatoms. The number of fused-ring (bicyclic) bond motifs is 1. The normalized spacial score (nSPS) is 21.3. The van der Waals surface area contributed by atoms with Gasteiger partial charge in [-0.1, -0.05) is 6.07 Å². The van der Waals surface area contributed by atoms with Gasteiger partial charge in [0.15, 0.2) is 0 Å². The molecule has 0 bridgehead atoms. The van der Waals surface area contributed by atoms with E-state index in [-0.39, 0.29) is 24.7 Å². The Morgan fingerprint density at radius 2 is 1.79 bits per heavy atom. The highest BCUT2D eigenvalue weighted by Gasteiger charge is 2.41. The molecule has 1 aromatic carbocycles. The Hall–Kier alpha value is -3.32. The van der Waals surface area contributed by atoms with E-state index in [1.807, 2.05) is 13.0 Å². The van der Waals surface area contributed by atoms with E-state index in [0.717, 1.165) is 15.9 Å². The van der Waals surface area contributed by atoms with Crippen molar-refractivity contribution in [3.63, 3.8) is 0 Å². The molecule has 4 atom stereocenters. The topological polar surface area (TPSA) is 128 Å². The highest BCUT2D eigenvalue weighted by molar-refractivity contribution is 7.21. The molecule has 38 heavy (non-hydrogen) atoms. The van der Waals surface area contributed by atoms with Crippen LogP contribution in [0.25, 0.3) is 20.8 Å². The van der Waals surface area contributed by atoms with Gasteiger partial charge in [-0.05, 0) is 38.5 Å². The molecule has 0 amide bonds. The second kappa shape index (κ2) is 10.4. The minimum atomic E-state index is -1.13. The Morgan fingerprint density at radius 3 is 2.45 bits per heavy atom. The summed E-state index contributed by atoms with van der Waals surface area (Å²) in [6.45, 7) is 3.29. The van der Waals surface area contributed by atoms with Gasteiger partial charge < -0.3 is 25.5 Å². The van der Waals surface area contributed by atoms with Gasteiger partial charge in [0.2, 0.25) is 5.95 Å². The second-order valence-electron chi connectivity index (χ2n) is 9.56. The second-order valence-corrected chi connectivity index (χ2v) is 10.6. The Bertz CT molecular complexity index is 1460. The standard InChI is InChI=1S/C26H28F2N6O3S/c1-12-20(25-32-21-13(2)29-8-7-19(21)38-25)24(31-18-9-14(11-35)22(36)23(18)37)33-26(30-12)34(3)10-15-16(27)5-4-6-17(15)28/h4-8,14,18,22-23,35-37H,9-11H2,1-3H3,(H,30,31,33)/t14-,18?,22-,23+/m1/s1. The van der Waals surface area contributed by atoms with E-state index in [4.69, 9.17) is 4.98 Å². The SMILES string of the molecule is Cc1nc(N(C)Cc2c(F)cccc2F)nc(NC2C[C@H](CO)[C@@H](O)[C@H]2O)c1-c1nc2c(C)nccc2s1.